The van der Waals surface area contributed by atoms with Crippen LogP contribution in [-0.4, -0.2) is 43.9 Å². The topological polar surface area (TPSA) is 58.2 Å². The lowest BCUT2D eigenvalue weighted by Crippen LogP contribution is -2.38. The molecule has 32 heavy (non-hydrogen) atoms. The van der Waals surface area contributed by atoms with Crippen molar-refractivity contribution in [3.05, 3.63) is 42.1 Å². The highest BCUT2D eigenvalue weighted by Gasteiger charge is 2.36. The Labute approximate surface area is 189 Å². The van der Waals surface area contributed by atoms with E-state index in [2.05, 4.69) is 27.9 Å². The first-order chi connectivity index (χ1) is 15.5. The number of halogens is 2. The van der Waals surface area contributed by atoms with Crippen molar-refractivity contribution in [2.75, 3.05) is 37.4 Å². The van der Waals surface area contributed by atoms with Gasteiger partial charge in [0.15, 0.2) is 0 Å². The van der Waals surface area contributed by atoms with Gasteiger partial charge in [-0.05, 0) is 68.2 Å². The summed E-state index contributed by atoms with van der Waals surface area (Å²) < 4.78 is 34.4. The number of hydrogen-bond donors (Lipinski definition) is 3. The first-order valence-corrected chi connectivity index (χ1v) is 11.6. The van der Waals surface area contributed by atoms with Crippen LogP contribution in [0.2, 0.25) is 0 Å². The Kier molecular flexibility index (Phi) is 7.26. The van der Waals surface area contributed by atoms with E-state index in [1.807, 2.05) is 0 Å². The molecule has 1 heterocycles. The number of pyridine rings is 1. The van der Waals surface area contributed by atoms with Gasteiger partial charge < -0.3 is 20.7 Å². The fourth-order valence-corrected chi connectivity index (χ4v) is 4.29. The highest BCUT2D eigenvalue weighted by atomic mass is 19.1. The number of anilines is 2. The molecule has 0 unspecified atom stereocenters. The second-order valence-corrected chi connectivity index (χ2v) is 9.55. The third-order valence-electron chi connectivity index (χ3n) is 6.75. The van der Waals surface area contributed by atoms with E-state index in [0.717, 1.165) is 44.5 Å². The molecule has 2 aliphatic carbocycles. The van der Waals surface area contributed by atoms with Crippen molar-refractivity contribution in [2.24, 2.45) is 5.41 Å². The van der Waals surface area contributed by atoms with E-state index in [4.69, 9.17) is 4.74 Å². The van der Waals surface area contributed by atoms with E-state index in [9.17, 15) is 8.78 Å². The monoisotopic (exact) mass is 444 g/mol. The molecule has 7 heteroatoms. The Morgan fingerprint density at radius 2 is 1.75 bits per heavy atom. The zero-order chi connectivity index (χ0) is 22.6. The van der Waals surface area contributed by atoms with Crippen molar-refractivity contribution in [1.29, 1.82) is 0 Å². The largest absolute Gasteiger partial charge is 0.384 e. The van der Waals surface area contributed by atoms with E-state index in [-0.39, 0.29) is 17.2 Å². The number of nitrogens with zero attached hydrogens (tertiary/aromatic N) is 1. The van der Waals surface area contributed by atoms with Crippen LogP contribution in [0, 0.1) is 17.0 Å². The summed E-state index contributed by atoms with van der Waals surface area (Å²) in [5.74, 6) is -0.376. The predicted octanol–water partition coefficient (Wildman–Crippen LogP) is 5.20. The van der Waals surface area contributed by atoms with Crippen molar-refractivity contribution in [2.45, 2.75) is 57.5 Å². The van der Waals surface area contributed by atoms with Crippen LogP contribution in [0.25, 0.3) is 11.1 Å². The summed E-state index contributed by atoms with van der Waals surface area (Å²) in [7, 11) is 1.71. The average molecular weight is 445 g/mol. The number of ether oxygens (including phenoxy) is 1. The first kappa shape index (κ1) is 22.9. The molecule has 0 bridgehead atoms. The molecular formula is C25H34F2N4O. The summed E-state index contributed by atoms with van der Waals surface area (Å²) in [4.78, 5) is 4.21. The molecule has 0 spiro atoms. The van der Waals surface area contributed by atoms with Crippen molar-refractivity contribution < 1.29 is 13.5 Å². The van der Waals surface area contributed by atoms with Gasteiger partial charge in [0.25, 0.3) is 0 Å². The second-order valence-electron chi connectivity index (χ2n) is 9.55. The van der Waals surface area contributed by atoms with Gasteiger partial charge >= 0.3 is 0 Å². The van der Waals surface area contributed by atoms with Gasteiger partial charge in [-0.15, -0.1) is 0 Å². The number of hydrogen-bond acceptors (Lipinski definition) is 5. The van der Waals surface area contributed by atoms with Gasteiger partial charge in [0.05, 0.1) is 12.8 Å². The van der Waals surface area contributed by atoms with Crippen LogP contribution in [0.1, 0.15) is 45.4 Å². The van der Waals surface area contributed by atoms with Gasteiger partial charge in [-0.1, -0.05) is 6.92 Å². The molecule has 0 radical (unpaired) electrons. The summed E-state index contributed by atoms with van der Waals surface area (Å²) in [6.07, 6.45) is 7.73. The minimum Gasteiger partial charge on any atom is -0.384 e. The number of aromatic nitrogens is 1. The van der Waals surface area contributed by atoms with Gasteiger partial charge in [0, 0.05) is 49.1 Å². The summed E-state index contributed by atoms with van der Waals surface area (Å²) in [6.45, 7) is 4.65. The Bertz CT molecular complexity index is 911. The van der Waals surface area contributed by atoms with Gasteiger partial charge in [0.1, 0.15) is 17.5 Å². The third kappa shape index (κ3) is 5.95. The van der Waals surface area contributed by atoms with Gasteiger partial charge in [-0.3, -0.25) is 0 Å². The Morgan fingerprint density at radius 3 is 2.47 bits per heavy atom. The van der Waals surface area contributed by atoms with Crippen LogP contribution >= 0.6 is 0 Å². The normalized spacial score (nSPS) is 21.9. The lowest BCUT2D eigenvalue weighted by atomic mass is 9.91. The minimum atomic E-state index is -0.521. The highest BCUT2D eigenvalue weighted by molar-refractivity contribution is 5.71. The molecule has 5 nitrogen and oxygen atoms in total. The SMILES string of the molecule is COCCNC1CCC(Nc2cc(-c3cc(NCC4(C)CC4)ccc3F)c(F)cn2)CC1. The quantitative estimate of drug-likeness (QED) is 0.440. The van der Waals surface area contributed by atoms with Crippen molar-refractivity contribution in [3.8, 4) is 11.1 Å². The molecule has 2 fully saturated rings. The van der Waals surface area contributed by atoms with Gasteiger partial charge in [-0.2, -0.15) is 0 Å². The van der Waals surface area contributed by atoms with Gasteiger partial charge in [0.2, 0.25) is 0 Å². The summed E-state index contributed by atoms with van der Waals surface area (Å²) in [5.41, 5.74) is 1.62. The van der Waals surface area contributed by atoms with Crippen LogP contribution in [0.15, 0.2) is 30.5 Å². The molecule has 2 saturated carbocycles. The van der Waals surface area contributed by atoms with E-state index in [1.54, 1.807) is 25.3 Å². The number of methoxy groups -OCH3 is 1. The fourth-order valence-electron chi connectivity index (χ4n) is 4.29. The second kappa shape index (κ2) is 10.1. The van der Waals surface area contributed by atoms with Crippen LogP contribution in [-0.2, 0) is 4.74 Å². The molecule has 1 aromatic heterocycles. The average Bonchev–Trinajstić information content (AvgIpc) is 3.53. The molecule has 0 saturated heterocycles. The standard InChI is InChI=1S/C25H34F2N4O/c1-25(9-10-25)16-30-19-7-8-22(26)20(13-19)21-14-24(29-15-23(21)27)31-18-5-3-17(4-6-18)28-11-12-32-2/h7-8,13-15,17-18,28,30H,3-6,9-12,16H2,1-2H3,(H,29,31). The maximum absolute atomic E-state index is 14.6. The van der Waals surface area contributed by atoms with E-state index in [1.165, 1.54) is 25.1 Å². The van der Waals surface area contributed by atoms with Crippen LogP contribution < -0.4 is 16.0 Å². The maximum atomic E-state index is 14.6. The predicted molar refractivity (Wildman–Crippen MR) is 125 cm³/mol. The van der Waals surface area contributed by atoms with E-state index >= 15 is 0 Å². The molecule has 2 aliphatic rings. The van der Waals surface area contributed by atoms with E-state index in [0.29, 0.717) is 23.9 Å². The molecule has 174 valence electrons. The first-order valence-electron chi connectivity index (χ1n) is 11.6. The smallest absolute Gasteiger partial charge is 0.149 e. The minimum absolute atomic E-state index is 0.233. The molecule has 4 rings (SSSR count). The summed E-state index contributed by atoms with van der Waals surface area (Å²) >= 11 is 0. The highest BCUT2D eigenvalue weighted by Crippen LogP contribution is 2.45. The molecule has 0 amide bonds. The molecule has 0 atom stereocenters. The van der Waals surface area contributed by atoms with E-state index < -0.39 is 11.6 Å². The molecule has 1 aromatic carbocycles. The lowest BCUT2D eigenvalue weighted by Gasteiger charge is -2.30. The Morgan fingerprint density at radius 1 is 1.03 bits per heavy atom. The molecular weight excluding hydrogens is 410 g/mol. The fraction of sp³-hybridized carbons (Fsp3) is 0.560. The van der Waals surface area contributed by atoms with Crippen LogP contribution in [0.5, 0.6) is 0 Å². The van der Waals surface area contributed by atoms with Crippen LogP contribution in [0.4, 0.5) is 20.3 Å². The van der Waals surface area contributed by atoms with Crippen LogP contribution in [0.3, 0.4) is 0 Å². The zero-order valence-corrected chi connectivity index (χ0v) is 19.0. The zero-order valence-electron chi connectivity index (χ0n) is 19.0. The number of nitrogens with one attached hydrogen (secondary N) is 3. The summed E-state index contributed by atoms with van der Waals surface area (Å²) in [6, 6.07) is 7.21. The number of rotatable bonds is 10. The molecule has 0 aliphatic heterocycles. The van der Waals surface area contributed by atoms with Crippen molar-refractivity contribution in [3.63, 3.8) is 0 Å². The number of benzene rings is 1. The lowest BCUT2D eigenvalue weighted by molar-refractivity contribution is 0.191. The molecule has 2 aromatic rings. The maximum Gasteiger partial charge on any atom is 0.149 e. The van der Waals surface area contributed by atoms with Gasteiger partial charge in [-0.25, -0.2) is 13.8 Å². The molecule has 3 N–H and O–H groups in total. The van der Waals surface area contributed by atoms with Crippen molar-refractivity contribution in [1.82, 2.24) is 10.3 Å². The Hall–Kier alpha value is -2.25. The third-order valence-corrected chi connectivity index (χ3v) is 6.75. The van der Waals surface area contributed by atoms with Crippen molar-refractivity contribution >= 4 is 11.5 Å². The summed E-state index contributed by atoms with van der Waals surface area (Å²) in [5, 5.41) is 10.3. The Balaban J connectivity index is 1.41.